The summed E-state index contributed by atoms with van der Waals surface area (Å²) in [6.45, 7) is 0.233. The minimum Gasteiger partial charge on any atom is -0.495 e. The summed E-state index contributed by atoms with van der Waals surface area (Å²) in [7, 11) is -2.72. The molecule has 3 aromatic rings. The number of ether oxygens (including phenoxy) is 1. The molecule has 3 aromatic carbocycles. The fraction of sp³-hybridized carbons (Fsp3) is 0.217. The van der Waals surface area contributed by atoms with Gasteiger partial charge in [0.15, 0.2) is 0 Å². The van der Waals surface area contributed by atoms with Crippen LogP contribution in [-0.2, 0) is 26.0 Å². The van der Waals surface area contributed by atoms with E-state index in [0.717, 1.165) is 5.56 Å². The van der Waals surface area contributed by atoms with Gasteiger partial charge in [-0.15, -0.1) is 0 Å². The lowest BCUT2D eigenvalue weighted by Gasteiger charge is -2.17. The molecule has 0 bridgehead atoms. The first-order chi connectivity index (χ1) is 15.7. The van der Waals surface area contributed by atoms with Crippen LogP contribution in [0, 0.1) is 0 Å². The third-order valence-corrected chi connectivity index (χ3v) is 6.83. The Morgan fingerprint density at radius 1 is 1.09 bits per heavy atom. The number of aliphatic carboxylic acids is 1. The van der Waals surface area contributed by atoms with E-state index in [1.165, 1.54) is 25.3 Å². The summed E-state index contributed by atoms with van der Waals surface area (Å²) >= 11 is 6.28. The van der Waals surface area contributed by atoms with E-state index in [1.54, 1.807) is 12.1 Å². The average Bonchev–Trinajstić information content (AvgIpc) is 2.79. The molecule has 3 rings (SSSR count). The number of nitrogens with one attached hydrogen (secondary N) is 2. The van der Waals surface area contributed by atoms with Gasteiger partial charge >= 0.3 is 5.97 Å². The lowest BCUT2D eigenvalue weighted by atomic mass is 10.1. The number of carboxylic acids is 1. The summed E-state index contributed by atoms with van der Waals surface area (Å²) in [5.74, 6) is -1.57. The van der Waals surface area contributed by atoms with Crippen molar-refractivity contribution in [1.29, 1.82) is 0 Å². The zero-order valence-electron chi connectivity index (χ0n) is 17.7. The molecule has 0 unspecified atom stereocenters. The summed E-state index contributed by atoms with van der Waals surface area (Å²) in [6.07, 6.45) is -0.180. The van der Waals surface area contributed by atoms with Crippen molar-refractivity contribution in [3.05, 3.63) is 71.2 Å². The first kappa shape index (κ1) is 24.5. The van der Waals surface area contributed by atoms with Crippen LogP contribution in [0.1, 0.15) is 12.0 Å². The standard InChI is InChI=1S/C23H23ClN2O6S/c1-32-20-10-7-16-13-17(8-9-18(16)22(20)24)33(30,31)26-19(14-21(27)28)23(29)25-12-11-15-5-3-2-4-6-15/h2-10,13,19,26H,11-12,14H2,1H3,(H,25,29)(H,27,28)/t19-/m0/s1. The lowest BCUT2D eigenvalue weighted by Crippen LogP contribution is -2.48. The number of hydrogen-bond acceptors (Lipinski definition) is 5. The Morgan fingerprint density at radius 3 is 2.48 bits per heavy atom. The van der Waals surface area contributed by atoms with Gasteiger partial charge < -0.3 is 15.2 Å². The van der Waals surface area contributed by atoms with Crippen LogP contribution in [0.2, 0.25) is 5.02 Å². The predicted octanol–water partition coefficient (Wildman–Crippen LogP) is 2.98. The van der Waals surface area contributed by atoms with Gasteiger partial charge in [0.25, 0.3) is 0 Å². The smallest absolute Gasteiger partial charge is 0.305 e. The number of carboxylic acid groups (broad SMARTS) is 1. The molecule has 8 nitrogen and oxygen atoms in total. The second-order valence-corrected chi connectivity index (χ2v) is 9.36. The van der Waals surface area contributed by atoms with E-state index in [9.17, 15) is 23.1 Å². The van der Waals surface area contributed by atoms with Crippen molar-refractivity contribution in [3.63, 3.8) is 0 Å². The normalized spacial score (nSPS) is 12.3. The molecule has 0 spiro atoms. The first-order valence-electron chi connectivity index (χ1n) is 10.0. The number of benzene rings is 3. The Balaban J connectivity index is 1.77. The third-order valence-electron chi connectivity index (χ3n) is 4.97. The molecule has 33 heavy (non-hydrogen) atoms. The Bertz CT molecular complexity index is 1260. The second-order valence-electron chi connectivity index (χ2n) is 7.26. The van der Waals surface area contributed by atoms with Gasteiger partial charge in [-0.05, 0) is 35.6 Å². The van der Waals surface area contributed by atoms with E-state index >= 15 is 0 Å². The van der Waals surface area contributed by atoms with Gasteiger partial charge in [0.2, 0.25) is 15.9 Å². The minimum absolute atomic E-state index is 0.122. The highest BCUT2D eigenvalue weighted by molar-refractivity contribution is 7.89. The van der Waals surface area contributed by atoms with Crippen molar-refractivity contribution in [2.24, 2.45) is 0 Å². The van der Waals surface area contributed by atoms with Crippen LogP contribution in [0.5, 0.6) is 5.75 Å². The Morgan fingerprint density at radius 2 is 1.82 bits per heavy atom. The summed E-state index contributed by atoms with van der Waals surface area (Å²) in [6, 6.07) is 15.4. The number of hydrogen-bond donors (Lipinski definition) is 3. The highest BCUT2D eigenvalue weighted by Gasteiger charge is 2.28. The van der Waals surface area contributed by atoms with Crippen molar-refractivity contribution in [2.75, 3.05) is 13.7 Å². The van der Waals surface area contributed by atoms with E-state index < -0.39 is 34.4 Å². The molecule has 3 N–H and O–H groups in total. The number of fused-ring (bicyclic) bond motifs is 1. The van der Waals surface area contributed by atoms with Gasteiger partial charge in [-0.1, -0.05) is 54.1 Å². The van der Waals surface area contributed by atoms with Crippen LogP contribution in [0.4, 0.5) is 0 Å². The molecule has 0 heterocycles. The van der Waals surface area contributed by atoms with E-state index in [1.807, 2.05) is 30.3 Å². The summed E-state index contributed by atoms with van der Waals surface area (Å²) in [5, 5.41) is 13.3. The number of sulfonamides is 1. The van der Waals surface area contributed by atoms with E-state index in [4.69, 9.17) is 16.3 Å². The summed E-state index contributed by atoms with van der Waals surface area (Å²) in [4.78, 5) is 23.7. The van der Waals surface area contributed by atoms with E-state index in [0.29, 0.717) is 28.0 Å². The Kier molecular flexibility index (Phi) is 7.91. The maximum atomic E-state index is 12.9. The maximum Gasteiger partial charge on any atom is 0.305 e. The second kappa shape index (κ2) is 10.7. The predicted molar refractivity (Wildman–Crippen MR) is 125 cm³/mol. The zero-order valence-corrected chi connectivity index (χ0v) is 19.3. The largest absolute Gasteiger partial charge is 0.495 e. The fourth-order valence-electron chi connectivity index (χ4n) is 3.29. The molecule has 0 aromatic heterocycles. The monoisotopic (exact) mass is 490 g/mol. The van der Waals surface area contributed by atoms with Crippen LogP contribution >= 0.6 is 11.6 Å². The van der Waals surface area contributed by atoms with Gasteiger partial charge in [0.1, 0.15) is 11.8 Å². The lowest BCUT2D eigenvalue weighted by molar-refractivity contribution is -0.139. The van der Waals surface area contributed by atoms with Crippen LogP contribution in [-0.4, -0.2) is 45.1 Å². The number of methoxy groups -OCH3 is 1. The van der Waals surface area contributed by atoms with E-state index in [-0.39, 0.29) is 11.4 Å². The van der Waals surface area contributed by atoms with Gasteiger partial charge in [0, 0.05) is 11.9 Å². The van der Waals surface area contributed by atoms with Gasteiger partial charge in [-0.2, -0.15) is 4.72 Å². The van der Waals surface area contributed by atoms with Crippen molar-refractivity contribution in [1.82, 2.24) is 10.0 Å². The number of halogens is 1. The highest BCUT2D eigenvalue weighted by Crippen LogP contribution is 2.33. The summed E-state index contributed by atoms with van der Waals surface area (Å²) < 4.78 is 33.2. The molecule has 0 saturated carbocycles. The third kappa shape index (κ3) is 6.22. The molecular weight excluding hydrogens is 468 g/mol. The van der Waals surface area contributed by atoms with Crippen LogP contribution < -0.4 is 14.8 Å². The Hall–Kier alpha value is -3.14. The van der Waals surface area contributed by atoms with E-state index in [2.05, 4.69) is 10.0 Å². The van der Waals surface area contributed by atoms with Gasteiger partial charge in [-0.3, -0.25) is 9.59 Å². The molecular formula is C23H23ClN2O6S. The number of rotatable bonds is 10. The van der Waals surface area contributed by atoms with Crippen LogP contribution in [0.25, 0.3) is 10.8 Å². The average molecular weight is 491 g/mol. The summed E-state index contributed by atoms with van der Waals surface area (Å²) in [5.41, 5.74) is 0.986. The maximum absolute atomic E-state index is 12.9. The molecule has 0 fully saturated rings. The highest BCUT2D eigenvalue weighted by atomic mass is 35.5. The Labute approximate surface area is 196 Å². The molecule has 0 aliphatic heterocycles. The fourth-order valence-corrected chi connectivity index (χ4v) is 4.83. The van der Waals surface area contributed by atoms with Crippen LogP contribution in [0.15, 0.2) is 65.6 Å². The topological polar surface area (TPSA) is 122 Å². The van der Waals surface area contributed by atoms with Crippen LogP contribution in [0.3, 0.4) is 0 Å². The van der Waals surface area contributed by atoms with Crippen molar-refractivity contribution in [3.8, 4) is 5.75 Å². The van der Waals surface area contributed by atoms with Crippen molar-refractivity contribution in [2.45, 2.75) is 23.8 Å². The number of carbonyl (C=O) groups is 2. The SMILES string of the molecule is COc1ccc2cc(S(=O)(=O)N[C@@H](CC(=O)O)C(=O)NCCc3ccccc3)ccc2c1Cl. The molecule has 0 radical (unpaired) electrons. The molecule has 0 aliphatic carbocycles. The number of carbonyl (C=O) groups excluding carboxylic acids is 1. The molecule has 1 amide bonds. The molecule has 0 aliphatic rings. The quantitative estimate of drug-likeness (QED) is 0.401. The van der Waals surface area contributed by atoms with Crippen molar-refractivity contribution < 1.29 is 27.9 Å². The zero-order chi connectivity index (χ0) is 24.0. The van der Waals surface area contributed by atoms with Gasteiger partial charge in [-0.25, -0.2) is 8.42 Å². The van der Waals surface area contributed by atoms with Crippen molar-refractivity contribution >= 4 is 44.3 Å². The van der Waals surface area contributed by atoms with Gasteiger partial charge in [0.05, 0.1) is 23.4 Å². The molecule has 10 heteroatoms. The number of amides is 1. The molecule has 1 atom stereocenters. The first-order valence-corrected chi connectivity index (χ1v) is 11.9. The molecule has 0 saturated heterocycles. The minimum atomic E-state index is -4.20. The molecule has 174 valence electrons.